The molecule has 2 aromatic rings. The summed E-state index contributed by atoms with van der Waals surface area (Å²) in [6, 6.07) is 13.8. The van der Waals surface area contributed by atoms with Crippen LogP contribution in [0.2, 0.25) is 0 Å². The average Bonchev–Trinajstić information content (AvgIpc) is 2.85. The van der Waals surface area contributed by atoms with Crippen molar-refractivity contribution in [1.29, 1.82) is 0 Å². The summed E-state index contributed by atoms with van der Waals surface area (Å²) in [6.07, 6.45) is 2.39. The molecule has 153 valence electrons. The van der Waals surface area contributed by atoms with Crippen LogP contribution in [0.15, 0.2) is 53.6 Å². The van der Waals surface area contributed by atoms with Crippen molar-refractivity contribution in [2.75, 3.05) is 3.38 Å². The van der Waals surface area contributed by atoms with Crippen molar-refractivity contribution in [3.05, 3.63) is 81.4 Å². The Balaban J connectivity index is 0.00000210. The number of nitrogens with zero attached hydrogens (tertiary/aromatic N) is 1. The van der Waals surface area contributed by atoms with Gasteiger partial charge in [-0.2, -0.15) is 0 Å². The number of allylic oxidation sites excluding steroid dienone is 4. The van der Waals surface area contributed by atoms with Crippen molar-refractivity contribution in [3.63, 3.8) is 0 Å². The largest absolute Gasteiger partial charge is 1.00 e. The first-order valence-corrected chi connectivity index (χ1v) is 10.5. The minimum atomic E-state index is 0. The molecular weight excluding hydrogens is 433 g/mol. The Labute approximate surface area is 201 Å². The summed E-state index contributed by atoms with van der Waals surface area (Å²) in [5, 5.41) is 0. The number of benzene rings is 2. The third-order valence-electron chi connectivity index (χ3n) is 5.92. The second-order valence-electron chi connectivity index (χ2n) is 8.06. The zero-order valence-corrected chi connectivity index (χ0v) is 21.5. The molecule has 4 heteroatoms. The summed E-state index contributed by atoms with van der Waals surface area (Å²) < 4.78 is 2.44. The fourth-order valence-electron chi connectivity index (χ4n) is 4.58. The van der Waals surface area contributed by atoms with Gasteiger partial charge in [0.05, 0.1) is 0 Å². The molecule has 0 saturated carbocycles. The maximum atomic E-state index is 2.44. The maximum absolute atomic E-state index is 2.44. The molecule has 0 amide bonds. The van der Waals surface area contributed by atoms with Gasteiger partial charge in [-0.15, -0.1) is 0 Å². The van der Waals surface area contributed by atoms with Gasteiger partial charge in [-0.05, 0) is 0 Å². The van der Waals surface area contributed by atoms with E-state index >= 15 is 0 Å². The summed E-state index contributed by atoms with van der Waals surface area (Å²) in [7, 11) is 0. The molecule has 0 radical (unpaired) electrons. The van der Waals surface area contributed by atoms with E-state index in [2.05, 4.69) is 115 Å². The smallest absolute Gasteiger partial charge is 1.00 e. The Morgan fingerprint density at radius 1 is 0.931 bits per heavy atom. The number of hydrogen-bond acceptors (Lipinski definition) is 1. The fourth-order valence-corrected chi connectivity index (χ4v) is 5.34. The van der Waals surface area contributed by atoms with E-state index < -0.39 is 0 Å². The van der Waals surface area contributed by atoms with Crippen LogP contribution < -0.4 is 28.2 Å². The van der Waals surface area contributed by atoms with Crippen LogP contribution in [0, 0.1) is 26.7 Å². The summed E-state index contributed by atoms with van der Waals surface area (Å²) in [6.45, 7) is 15.8. The first kappa shape index (κ1) is 26.0. The van der Waals surface area contributed by atoms with Crippen LogP contribution in [0.5, 0.6) is 0 Å². The molecule has 1 nitrogen and oxygen atoms in total. The quantitative estimate of drug-likeness (QED) is 0.613. The van der Waals surface area contributed by atoms with E-state index in [1.165, 1.54) is 50.2 Å². The van der Waals surface area contributed by atoms with Gasteiger partial charge in [0.1, 0.15) is 0 Å². The van der Waals surface area contributed by atoms with Crippen molar-refractivity contribution in [2.24, 2.45) is 5.92 Å². The van der Waals surface area contributed by atoms with Gasteiger partial charge in [0.15, 0.2) is 0 Å². The Morgan fingerprint density at radius 3 is 2.00 bits per heavy atom. The maximum Gasteiger partial charge on any atom is -1.00 e. The van der Waals surface area contributed by atoms with Crippen LogP contribution in [0.3, 0.4) is 0 Å². The number of anilines is 1. The van der Waals surface area contributed by atoms with E-state index in [4.69, 9.17) is 0 Å². The van der Waals surface area contributed by atoms with Gasteiger partial charge in [-0.1, -0.05) is 0 Å². The molecule has 0 bridgehead atoms. The molecule has 0 aliphatic heterocycles. The summed E-state index contributed by atoms with van der Waals surface area (Å²) >= 11 is 2.23. The summed E-state index contributed by atoms with van der Waals surface area (Å²) in [5.41, 5.74) is 12.5. The third-order valence-corrected chi connectivity index (χ3v) is 6.87. The van der Waals surface area contributed by atoms with E-state index in [1.54, 1.807) is 0 Å². The third kappa shape index (κ3) is 5.02. The molecule has 2 aromatic carbocycles. The molecule has 0 N–H and O–H groups in total. The number of aryl methyl sites for hydroxylation is 3. The van der Waals surface area contributed by atoms with E-state index in [-0.39, 0.29) is 24.8 Å². The molecule has 0 aromatic heterocycles. The SMILES string of the molecule is CC1=CC(C)C(c2ccccc2C(C)[N]([Ti+2])c2c(C)cc(C)cc2C)=C1C.[Cl-].[Cl-]. The van der Waals surface area contributed by atoms with Crippen LogP contribution >= 0.6 is 0 Å². The molecule has 1 aliphatic rings. The number of rotatable bonds is 4. The van der Waals surface area contributed by atoms with Gasteiger partial charge in [-0.3, -0.25) is 0 Å². The van der Waals surface area contributed by atoms with Crippen LogP contribution in [-0.2, 0) is 20.7 Å². The van der Waals surface area contributed by atoms with Crippen LogP contribution in [0.4, 0.5) is 5.69 Å². The van der Waals surface area contributed by atoms with Crippen molar-refractivity contribution in [2.45, 2.75) is 54.5 Å². The second-order valence-corrected chi connectivity index (χ2v) is 8.81. The van der Waals surface area contributed by atoms with Crippen molar-refractivity contribution in [3.8, 4) is 0 Å². The molecule has 0 spiro atoms. The Bertz CT molecular complexity index is 923. The Hall–Kier alpha value is -0.986. The van der Waals surface area contributed by atoms with Crippen molar-refractivity contribution < 1.29 is 45.5 Å². The summed E-state index contributed by atoms with van der Waals surface area (Å²) in [4.78, 5) is 0. The fraction of sp³-hybridized carbons (Fsp3) is 0.360. The van der Waals surface area contributed by atoms with Crippen molar-refractivity contribution in [1.82, 2.24) is 0 Å². The predicted octanol–water partition coefficient (Wildman–Crippen LogP) is 1.02. The molecule has 0 heterocycles. The molecule has 2 atom stereocenters. The molecule has 2 unspecified atom stereocenters. The minimum absolute atomic E-state index is 0. The number of halogens is 2. The molecule has 1 aliphatic carbocycles. The minimum Gasteiger partial charge on any atom is -1.00 e. The van der Waals surface area contributed by atoms with E-state index in [1.807, 2.05) is 0 Å². The van der Waals surface area contributed by atoms with Crippen LogP contribution in [-0.4, -0.2) is 0 Å². The monoisotopic (exact) mass is 462 g/mol. The van der Waals surface area contributed by atoms with Gasteiger partial charge < -0.3 is 24.8 Å². The Morgan fingerprint density at radius 2 is 1.48 bits per heavy atom. The van der Waals surface area contributed by atoms with Crippen molar-refractivity contribution >= 4 is 11.3 Å². The van der Waals surface area contributed by atoms with Gasteiger partial charge >= 0.3 is 177 Å². The molecule has 0 saturated heterocycles. The zero-order valence-electron chi connectivity index (χ0n) is 18.4. The molecule has 29 heavy (non-hydrogen) atoms. The van der Waals surface area contributed by atoms with Gasteiger partial charge in [0.2, 0.25) is 0 Å². The number of hydrogen-bond donors (Lipinski definition) is 0. The standard InChI is InChI=1S/C25H30N.2ClH.Ti/c1-15-12-18(4)25(19(5)13-15)26-21(7)22-10-8-9-11-23(22)24-17(3)14-16(2)20(24)6;;;/h8-14,17,21H,1-7H3;2*1H;/q-1;;;+3/p-2. The molecular formula is C25H30Cl2NTi. The van der Waals surface area contributed by atoms with Gasteiger partial charge in [0.25, 0.3) is 0 Å². The first-order chi connectivity index (χ1) is 12.7. The first-order valence-electron chi connectivity index (χ1n) is 9.79. The van der Waals surface area contributed by atoms with E-state index in [0.29, 0.717) is 12.0 Å². The molecule has 0 fully saturated rings. The second kappa shape index (κ2) is 10.4. The van der Waals surface area contributed by atoms with Crippen LogP contribution in [0.25, 0.3) is 5.57 Å². The Kier molecular flexibility index (Phi) is 9.30. The van der Waals surface area contributed by atoms with Crippen LogP contribution in [0.1, 0.15) is 61.6 Å². The van der Waals surface area contributed by atoms with Gasteiger partial charge in [0, 0.05) is 0 Å². The normalized spacial score (nSPS) is 16.7. The predicted molar refractivity (Wildman–Crippen MR) is 114 cm³/mol. The summed E-state index contributed by atoms with van der Waals surface area (Å²) in [5.74, 6) is 0.478. The van der Waals surface area contributed by atoms with E-state index in [0.717, 1.165) is 0 Å². The topological polar surface area (TPSA) is 3.24 Å². The average molecular weight is 463 g/mol. The van der Waals surface area contributed by atoms with E-state index in [9.17, 15) is 0 Å². The zero-order chi connectivity index (χ0) is 19.9. The molecule has 3 rings (SSSR count). The van der Waals surface area contributed by atoms with Gasteiger partial charge in [-0.25, -0.2) is 0 Å².